The van der Waals surface area contributed by atoms with E-state index >= 15 is 0 Å². The number of anilines is 1. The van der Waals surface area contributed by atoms with E-state index in [4.69, 9.17) is 11.6 Å². The van der Waals surface area contributed by atoms with Crippen LogP contribution in [-0.2, 0) is 11.0 Å². The summed E-state index contributed by atoms with van der Waals surface area (Å²) in [5, 5.41) is 3.30. The maximum atomic E-state index is 12.5. The molecule has 0 bridgehead atoms. The van der Waals surface area contributed by atoms with Gasteiger partial charge in [0.15, 0.2) is 0 Å². The number of benzene rings is 2. The van der Waals surface area contributed by atoms with E-state index in [-0.39, 0.29) is 17.7 Å². The number of hydrogen-bond acceptors (Lipinski definition) is 1. The number of nitrogens with one attached hydrogen (secondary N) is 1. The van der Waals surface area contributed by atoms with Gasteiger partial charge in [-0.05, 0) is 54.3 Å². The highest BCUT2D eigenvalue weighted by Gasteiger charge is 2.43. The predicted octanol–water partition coefficient (Wildman–Crippen LogP) is 5.10. The molecule has 2 atom stereocenters. The Kier molecular flexibility index (Phi) is 4.06. The summed E-state index contributed by atoms with van der Waals surface area (Å²) in [6.07, 6.45) is -3.65. The van der Waals surface area contributed by atoms with Gasteiger partial charge in [0.2, 0.25) is 5.91 Å². The molecule has 1 aliphatic rings. The number of carbonyl (C=O) groups is 1. The molecule has 2 nitrogen and oxygen atoms in total. The van der Waals surface area contributed by atoms with Gasteiger partial charge in [-0.15, -0.1) is 0 Å². The molecule has 2 aromatic carbocycles. The molecular weight excluding hydrogens is 327 g/mol. The van der Waals surface area contributed by atoms with Gasteiger partial charge in [-0.3, -0.25) is 4.79 Å². The van der Waals surface area contributed by atoms with Gasteiger partial charge in [0.05, 0.1) is 5.56 Å². The largest absolute Gasteiger partial charge is 0.416 e. The monoisotopic (exact) mass is 339 g/mol. The highest BCUT2D eigenvalue weighted by atomic mass is 35.5. The van der Waals surface area contributed by atoms with E-state index in [9.17, 15) is 18.0 Å². The summed E-state index contributed by atoms with van der Waals surface area (Å²) < 4.78 is 37.5. The fraction of sp³-hybridized carbons (Fsp3) is 0.235. The third-order valence-electron chi connectivity index (χ3n) is 3.91. The molecule has 0 heterocycles. The molecule has 2 aromatic rings. The maximum Gasteiger partial charge on any atom is 0.416 e. The van der Waals surface area contributed by atoms with Crippen molar-refractivity contribution in [2.75, 3.05) is 5.32 Å². The lowest BCUT2D eigenvalue weighted by atomic mass is 10.1. The number of carbonyl (C=O) groups excluding carboxylic acids is 1. The van der Waals surface area contributed by atoms with Crippen molar-refractivity contribution < 1.29 is 18.0 Å². The summed E-state index contributed by atoms with van der Waals surface area (Å²) >= 11 is 5.83. The standard InChI is InChI=1S/C17H13ClF3NO/c18-12-5-1-10(2-6-12)14-9-15(14)16(23)22-13-7-3-11(4-8-13)17(19,20)21/h1-8,14-15H,9H2,(H,22,23)/t14-,15-/m0/s1. The normalized spacial score (nSPS) is 20.2. The van der Waals surface area contributed by atoms with Crippen LogP contribution in [0.25, 0.3) is 0 Å². The highest BCUT2D eigenvalue weighted by Crippen LogP contribution is 2.48. The second-order valence-electron chi connectivity index (χ2n) is 5.56. The Morgan fingerprint density at radius 2 is 1.65 bits per heavy atom. The maximum absolute atomic E-state index is 12.5. The molecule has 1 aliphatic carbocycles. The summed E-state index contributed by atoms with van der Waals surface area (Å²) in [6.45, 7) is 0. The first-order valence-corrected chi connectivity index (χ1v) is 7.46. The molecular formula is C17H13ClF3NO. The quantitative estimate of drug-likeness (QED) is 0.828. The van der Waals surface area contributed by atoms with E-state index in [2.05, 4.69) is 5.32 Å². The molecule has 3 rings (SSSR count). The lowest BCUT2D eigenvalue weighted by Gasteiger charge is -2.09. The Hall–Kier alpha value is -2.01. The van der Waals surface area contributed by atoms with Gasteiger partial charge >= 0.3 is 6.18 Å². The first kappa shape index (κ1) is 15.9. The molecule has 1 saturated carbocycles. The van der Waals surface area contributed by atoms with Crippen molar-refractivity contribution in [2.24, 2.45) is 5.92 Å². The Balaban J connectivity index is 1.61. The minimum Gasteiger partial charge on any atom is -0.326 e. The molecule has 6 heteroatoms. The zero-order valence-electron chi connectivity index (χ0n) is 11.9. The van der Waals surface area contributed by atoms with E-state index in [1.807, 2.05) is 12.1 Å². The average molecular weight is 340 g/mol. The van der Waals surface area contributed by atoms with Crippen LogP contribution in [0.2, 0.25) is 5.02 Å². The average Bonchev–Trinajstić information content (AvgIpc) is 3.28. The predicted molar refractivity (Wildman–Crippen MR) is 82.4 cm³/mol. The SMILES string of the molecule is O=C(Nc1ccc(C(F)(F)F)cc1)[C@H]1C[C@H]1c1ccc(Cl)cc1. The van der Waals surface area contributed by atoms with Crippen LogP contribution >= 0.6 is 11.6 Å². The van der Waals surface area contributed by atoms with Gasteiger partial charge in [0.25, 0.3) is 0 Å². The van der Waals surface area contributed by atoms with Crippen LogP contribution in [0, 0.1) is 5.92 Å². The Bertz CT molecular complexity index is 710. The Morgan fingerprint density at radius 1 is 1.04 bits per heavy atom. The molecule has 1 fully saturated rings. The van der Waals surface area contributed by atoms with Crippen molar-refractivity contribution >= 4 is 23.2 Å². The lowest BCUT2D eigenvalue weighted by Crippen LogP contribution is -2.14. The summed E-state index contributed by atoms with van der Waals surface area (Å²) in [4.78, 5) is 12.1. The highest BCUT2D eigenvalue weighted by molar-refractivity contribution is 6.30. The molecule has 1 N–H and O–H groups in total. The molecule has 0 aromatic heterocycles. The van der Waals surface area contributed by atoms with Crippen LogP contribution in [0.5, 0.6) is 0 Å². The van der Waals surface area contributed by atoms with E-state index < -0.39 is 11.7 Å². The molecule has 23 heavy (non-hydrogen) atoms. The van der Waals surface area contributed by atoms with E-state index in [0.717, 1.165) is 24.1 Å². The zero-order valence-corrected chi connectivity index (χ0v) is 12.7. The molecule has 0 aliphatic heterocycles. The summed E-state index contributed by atoms with van der Waals surface area (Å²) in [5.41, 5.74) is 0.674. The number of amides is 1. The number of hydrogen-bond donors (Lipinski definition) is 1. The second-order valence-corrected chi connectivity index (χ2v) is 6.00. The van der Waals surface area contributed by atoms with Crippen LogP contribution in [0.3, 0.4) is 0 Å². The Labute approximate surface area is 136 Å². The molecule has 0 spiro atoms. The van der Waals surface area contributed by atoms with Crippen LogP contribution in [0.15, 0.2) is 48.5 Å². The molecule has 0 radical (unpaired) electrons. The second kappa shape index (κ2) is 5.89. The molecule has 1 amide bonds. The first-order valence-electron chi connectivity index (χ1n) is 7.08. The van der Waals surface area contributed by atoms with Crippen molar-refractivity contribution in [1.29, 1.82) is 0 Å². The van der Waals surface area contributed by atoms with Crippen LogP contribution in [0.1, 0.15) is 23.5 Å². The van der Waals surface area contributed by atoms with Gasteiger partial charge < -0.3 is 5.32 Å². The minimum atomic E-state index is -4.38. The number of rotatable bonds is 3. The van der Waals surface area contributed by atoms with Gasteiger partial charge in [0.1, 0.15) is 0 Å². The van der Waals surface area contributed by atoms with Gasteiger partial charge in [-0.25, -0.2) is 0 Å². The van der Waals surface area contributed by atoms with Crippen molar-refractivity contribution in [3.63, 3.8) is 0 Å². The fourth-order valence-electron chi connectivity index (χ4n) is 2.54. The third-order valence-corrected chi connectivity index (χ3v) is 4.16. The van der Waals surface area contributed by atoms with Gasteiger partial charge in [-0.2, -0.15) is 13.2 Å². The number of halogens is 4. The van der Waals surface area contributed by atoms with E-state index in [1.165, 1.54) is 12.1 Å². The topological polar surface area (TPSA) is 29.1 Å². The van der Waals surface area contributed by atoms with Crippen LogP contribution < -0.4 is 5.32 Å². The number of alkyl halides is 3. The van der Waals surface area contributed by atoms with Crippen molar-refractivity contribution in [2.45, 2.75) is 18.5 Å². The Morgan fingerprint density at radius 3 is 2.22 bits per heavy atom. The minimum absolute atomic E-state index is 0.140. The summed E-state index contributed by atoms with van der Waals surface area (Å²) in [5.74, 6) is -0.190. The summed E-state index contributed by atoms with van der Waals surface area (Å²) in [6, 6.07) is 11.8. The van der Waals surface area contributed by atoms with Crippen molar-refractivity contribution in [3.8, 4) is 0 Å². The summed E-state index contributed by atoms with van der Waals surface area (Å²) in [7, 11) is 0. The lowest BCUT2D eigenvalue weighted by molar-refractivity contribution is -0.137. The van der Waals surface area contributed by atoms with Crippen LogP contribution in [0.4, 0.5) is 18.9 Å². The third kappa shape index (κ3) is 3.67. The molecule has 0 saturated heterocycles. The van der Waals surface area contributed by atoms with Crippen molar-refractivity contribution in [3.05, 3.63) is 64.7 Å². The molecule has 120 valence electrons. The smallest absolute Gasteiger partial charge is 0.326 e. The molecule has 0 unspecified atom stereocenters. The first-order chi connectivity index (χ1) is 10.8. The van der Waals surface area contributed by atoms with E-state index in [0.29, 0.717) is 10.7 Å². The van der Waals surface area contributed by atoms with Crippen molar-refractivity contribution in [1.82, 2.24) is 0 Å². The van der Waals surface area contributed by atoms with E-state index in [1.54, 1.807) is 12.1 Å². The van der Waals surface area contributed by atoms with Crippen LogP contribution in [-0.4, -0.2) is 5.91 Å². The zero-order chi connectivity index (χ0) is 16.6. The van der Waals surface area contributed by atoms with Gasteiger partial charge in [0, 0.05) is 16.6 Å². The van der Waals surface area contributed by atoms with Gasteiger partial charge in [-0.1, -0.05) is 23.7 Å². The fourth-order valence-corrected chi connectivity index (χ4v) is 2.67.